The van der Waals surface area contributed by atoms with E-state index in [4.69, 9.17) is 5.73 Å². The zero-order chi connectivity index (χ0) is 14.6. The predicted octanol–water partition coefficient (Wildman–Crippen LogP) is 2.84. The molecule has 6 heteroatoms. The molecule has 2 amide bonds. The Morgan fingerprint density at radius 1 is 1.21 bits per heavy atom. The Morgan fingerprint density at radius 3 is 2.16 bits per heavy atom. The van der Waals surface area contributed by atoms with Crippen LogP contribution in [0.25, 0.3) is 0 Å². The van der Waals surface area contributed by atoms with Crippen LogP contribution in [0.4, 0.5) is 0 Å². The van der Waals surface area contributed by atoms with Gasteiger partial charge in [0.15, 0.2) is 0 Å². The van der Waals surface area contributed by atoms with E-state index in [0.717, 1.165) is 8.95 Å². The van der Waals surface area contributed by atoms with E-state index in [2.05, 4.69) is 37.2 Å². The minimum atomic E-state index is -0.648. The van der Waals surface area contributed by atoms with E-state index < -0.39 is 11.9 Å². The summed E-state index contributed by atoms with van der Waals surface area (Å²) in [7, 11) is 0. The Labute approximate surface area is 129 Å². The van der Waals surface area contributed by atoms with E-state index >= 15 is 0 Å². The van der Waals surface area contributed by atoms with E-state index in [0.29, 0.717) is 12.0 Å². The molecule has 4 nitrogen and oxygen atoms in total. The third kappa shape index (κ3) is 5.32. The molecular formula is C13H16Br2N2O2. The number of amides is 2. The Kier molecular flexibility index (Phi) is 6.00. The average Bonchev–Trinajstić information content (AvgIpc) is 2.25. The van der Waals surface area contributed by atoms with Crippen LogP contribution < -0.4 is 11.1 Å². The molecule has 1 rings (SSSR count). The number of halogens is 2. The molecule has 1 aromatic carbocycles. The van der Waals surface area contributed by atoms with Crippen molar-refractivity contribution in [3.8, 4) is 0 Å². The van der Waals surface area contributed by atoms with Crippen LogP contribution in [-0.2, 0) is 4.79 Å². The van der Waals surface area contributed by atoms with Gasteiger partial charge in [-0.1, -0.05) is 45.7 Å². The van der Waals surface area contributed by atoms with Crippen LogP contribution in [0.5, 0.6) is 0 Å². The average molecular weight is 392 g/mol. The van der Waals surface area contributed by atoms with Gasteiger partial charge in [-0.25, -0.2) is 0 Å². The van der Waals surface area contributed by atoms with Crippen LogP contribution in [0.2, 0.25) is 0 Å². The molecule has 104 valence electrons. The summed E-state index contributed by atoms with van der Waals surface area (Å²) in [6.07, 6.45) is 0.524. The number of primary amides is 1. The molecule has 3 N–H and O–H groups in total. The van der Waals surface area contributed by atoms with Crippen molar-refractivity contribution in [3.05, 3.63) is 32.7 Å². The summed E-state index contributed by atoms with van der Waals surface area (Å²) in [4.78, 5) is 23.4. The standard InChI is InChI=1S/C13H16Br2N2O2/c1-7(2)3-11(12(16)18)17-13(19)8-4-9(14)6-10(15)5-8/h4-7,11H,3H2,1-2H3,(H2,16,18)(H,17,19)/t11-/m1/s1. The first kappa shape index (κ1) is 16.2. The van der Waals surface area contributed by atoms with Crippen molar-refractivity contribution in [3.63, 3.8) is 0 Å². The zero-order valence-corrected chi connectivity index (χ0v) is 13.9. The smallest absolute Gasteiger partial charge is 0.252 e. The highest BCUT2D eigenvalue weighted by molar-refractivity contribution is 9.11. The largest absolute Gasteiger partial charge is 0.368 e. The molecule has 0 saturated carbocycles. The summed E-state index contributed by atoms with van der Waals surface area (Å²) in [6.45, 7) is 3.94. The number of carbonyl (C=O) groups is 2. The summed E-state index contributed by atoms with van der Waals surface area (Å²) >= 11 is 6.63. The number of hydrogen-bond donors (Lipinski definition) is 2. The molecule has 0 fully saturated rings. The van der Waals surface area contributed by atoms with Crippen LogP contribution in [0, 0.1) is 5.92 Å². The first-order valence-corrected chi connectivity index (χ1v) is 7.44. The molecular weight excluding hydrogens is 376 g/mol. The fourth-order valence-corrected chi connectivity index (χ4v) is 2.94. The van der Waals surface area contributed by atoms with E-state index in [1.54, 1.807) is 12.1 Å². The third-order valence-corrected chi connectivity index (χ3v) is 3.40. The van der Waals surface area contributed by atoms with Crippen LogP contribution in [0.3, 0.4) is 0 Å². The van der Waals surface area contributed by atoms with Crippen molar-refractivity contribution in [2.24, 2.45) is 11.7 Å². The maximum Gasteiger partial charge on any atom is 0.252 e. The number of hydrogen-bond acceptors (Lipinski definition) is 2. The zero-order valence-electron chi connectivity index (χ0n) is 10.7. The van der Waals surface area contributed by atoms with E-state index in [1.165, 1.54) is 0 Å². The van der Waals surface area contributed by atoms with Gasteiger partial charge in [0.05, 0.1) is 0 Å². The van der Waals surface area contributed by atoms with Gasteiger partial charge in [0.2, 0.25) is 5.91 Å². The monoisotopic (exact) mass is 390 g/mol. The second kappa shape index (κ2) is 7.05. The number of carbonyl (C=O) groups excluding carboxylic acids is 2. The number of nitrogens with one attached hydrogen (secondary N) is 1. The molecule has 0 heterocycles. The fraction of sp³-hybridized carbons (Fsp3) is 0.385. The number of nitrogens with two attached hydrogens (primary N) is 1. The SMILES string of the molecule is CC(C)C[C@@H](NC(=O)c1cc(Br)cc(Br)c1)C(N)=O. The van der Waals surface area contributed by atoms with Crippen molar-refractivity contribution in [1.29, 1.82) is 0 Å². The molecule has 0 saturated heterocycles. The van der Waals surface area contributed by atoms with Gasteiger partial charge in [-0.3, -0.25) is 9.59 Å². The van der Waals surface area contributed by atoms with Gasteiger partial charge in [0.25, 0.3) is 5.91 Å². The van der Waals surface area contributed by atoms with E-state index in [-0.39, 0.29) is 11.8 Å². The van der Waals surface area contributed by atoms with Gasteiger partial charge in [-0.2, -0.15) is 0 Å². The van der Waals surface area contributed by atoms with Crippen LogP contribution in [0.15, 0.2) is 27.1 Å². The first-order valence-electron chi connectivity index (χ1n) is 5.86. The van der Waals surface area contributed by atoms with Gasteiger partial charge < -0.3 is 11.1 Å². The molecule has 1 atom stereocenters. The summed E-state index contributed by atoms with van der Waals surface area (Å²) < 4.78 is 1.57. The van der Waals surface area contributed by atoms with Crippen molar-refractivity contribution in [1.82, 2.24) is 5.32 Å². The Hall–Kier alpha value is -0.880. The topological polar surface area (TPSA) is 72.2 Å². The van der Waals surface area contributed by atoms with Gasteiger partial charge in [-0.05, 0) is 30.5 Å². The second-order valence-electron chi connectivity index (χ2n) is 4.72. The highest BCUT2D eigenvalue weighted by atomic mass is 79.9. The molecule has 0 aliphatic rings. The van der Waals surface area contributed by atoms with Gasteiger partial charge in [-0.15, -0.1) is 0 Å². The van der Waals surface area contributed by atoms with E-state index in [9.17, 15) is 9.59 Å². The molecule has 0 spiro atoms. The van der Waals surface area contributed by atoms with Crippen molar-refractivity contribution < 1.29 is 9.59 Å². The molecule has 0 bridgehead atoms. The lowest BCUT2D eigenvalue weighted by Crippen LogP contribution is -2.45. The highest BCUT2D eigenvalue weighted by Crippen LogP contribution is 2.20. The fourth-order valence-electron chi connectivity index (χ4n) is 1.64. The molecule has 0 radical (unpaired) electrons. The van der Waals surface area contributed by atoms with Crippen LogP contribution in [0.1, 0.15) is 30.6 Å². The van der Waals surface area contributed by atoms with E-state index in [1.807, 2.05) is 19.9 Å². The molecule has 0 aliphatic heterocycles. The number of benzene rings is 1. The number of rotatable bonds is 5. The van der Waals surface area contributed by atoms with Crippen molar-refractivity contribution in [2.45, 2.75) is 26.3 Å². The van der Waals surface area contributed by atoms with Gasteiger partial charge >= 0.3 is 0 Å². The summed E-state index contributed by atoms with van der Waals surface area (Å²) in [5, 5.41) is 2.66. The van der Waals surface area contributed by atoms with Crippen molar-refractivity contribution >= 4 is 43.7 Å². The summed E-state index contributed by atoms with van der Waals surface area (Å²) in [5.41, 5.74) is 5.77. The molecule has 0 aromatic heterocycles. The van der Waals surface area contributed by atoms with Crippen LogP contribution >= 0.6 is 31.9 Å². The predicted molar refractivity (Wildman–Crippen MR) is 81.7 cm³/mol. The molecule has 1 aromatic rings. The quantitative estimate of drug-likeness (QED) is 0.809. The third-order valence-electron chi connectivity index (χ3n) is 2.48. The maximum atomic E-state index is 12.1. The first-order chi connectivity index (χ1) is 8.79. The normalized spacial score (nSPS) is 12.3. The maximum absolute atomic E-state index is 12.1. The molecule has 0 aliphatic carbocycles. The minimum Gasteiger partial charge on any atom is -0.368 e. The van der Waals surface area contributed by atoms with Gasteiger partial charge in [0, 0.05) is 14.5 Å². The molecule has 0 unspecified atom stereocenters. The highest BCUT2D eigenvalue weighted by Gasteiger charge is 2.20. The van der Waals surface area contributed by atoms with Crippen molar-refractivity contribution in [2.75, 3.05) is 0 Å². The lowest BCUT2D eigenvalue weighted by molar-refractivity contribution is -0.120. The Bertz CT molecular complexity index is 469. The Balaban J connectivity index is 2.84. The summed E-state index contributed by atoms with van der Waals surface area (Å²) in [5.74, 6) is -0.561. The minimum absolute atomic E-state index is 0.270. The van der Waals surface area contributed by atoms with Gasteiger partial charge in [0.1, 0.15) is 6.04 Å². The lowest BCUT2D eigenvalue weighted by atomic mass is 10.0. The van der Waals surface area contributed by atoms with Crippen LogP contribution in [-0.4, -0.2) is 17.9 Å². The second-order valence-corrected chi connectivity index (χ2v) is 6.55. The summed E-state index contributed by atoms with van der Waals surface area (Å²) in [6, 6.07) is 4.56. The molecule has 19 heavy (non-hydrogen) atoms. The Morgan fingerprint density at radius 2 is 1.74 bits per heavy atom. The lowest BCUT2D eigenvalue weighted by Gasteiger charge is -2.17.